The second-order valence-corrected chi connectivity index (χ2v) is 18.8. The predicted molar refractivity (Wildman–Crippen MR) is 239 cm³/mol. The van der Waals surface area contributed by atoms with E-state index < -0.39 is 5.41 Å². The molecule has 0 aromatic rings. The number of aliphatic hydroxyl groups excluding tert-OH is 1. The molecule has 1 rings (SSSR count). The van der Waals surface area contributed by atoms with Crippen LogP contribution in [-0.4, -0.2) is 60.9 Å². The van der Waals surface area contributed by atoms with E-state index in [4.69, 9.17) is 9.47 Å². The highest BCUT2D eigenvalue weighted by molar-refractivity contribution is 5.75. The number of carbonyl (C=O) groups is 2. The third kappa shape index (κ3) is 30.0. The molecule has 1 aliphatic rings. The average Bonchev–Trinajstić information content (AvgIpc) is 3.96. The summed E-state index contributed by atoms with van der Waals surface area (Å²) in [6.45, 7) is 15.0. The van der Waals surface area contributed by atoms with Crippen molar-refractivity contribution in [3.8, 4) is 0 Å². The van der Waals surface area contributed by atoms with Crippen molar-refractivity contribution in [1.82, 2.24) is 4.90 Å². The van der Waals surface area contributed by atoms with Gasteiger partial charge in [0.15, 0.2) is 0 Å². The molecule has 0 amide bonds. The normalized spacial score (nSPS) is 13.9. The molecule has 0 atom stereocenters. The molecule has 1 saturated carbocycles. The fourth-order valence-corrected chi connectivity index (χ4v) is 8.38. The van der Waals surface area contributed by atoms with Crippen LogP contribution in [0.1, 0.15) is 259 Å². The fraction of sp³-hybridized carbons (Fsp3) is 0.960. The van der Waals surface area contributed by atoms with Crippen LogP contribution in [0.4, 0.5) is 0 Å². The highest BCUT2D eigenvalue weighted by Crippen LogP contribution is 2.53. The number of unbranched alkanes of at least 4 members (excludes halogenated alkanes) is 21. The number of hydrogen-bond acceptors (Lipinski definition) is 6. The van der Waals surface area contributed by atoms with Crippen molar-refractivity contribution in [2.75, 3.05) is 32.8 Å². The van der Waals surface area contributed by atoms with Gasteiger partial charge in [-0.15, -0.1) is 0 Å². The molecule has 0 unspecified atom stereocenters. The Morgan fingerprint density at radius 3 is 1.59 bits per heavy atom. The fourth-order valence-electron chi connectivity index (χ4n) is 8.38. The SMILES string of the molecule is CCCCCCCCCOC(=O)C(C)(C)CCCCCCN(CCCCO)CCCCC1(CCC(=O)OC(CCCCCCCC)CCCCCCCC)CC1. The summed E-state index contributed by atoms with van der Waals surface area (Å²) in [6, 6.07) is 0. The van der Waals surface area contributed by atoms with Gasteiger partial charge in [0.05, 0.1) is 12.0 Å². The highest BCUT2D eigenvalue weighted by Gasteiger charge is 2.41. The van der Waals surface area contributed by atoms with Gasteiger partial charge in [0.25, 0.3) is 0 Å². The van der Waals surface area contributed by atoms with E-state index in [0.29, 0.717) is 18.4 Å². The maximum atomic E-state index is 13.1. The summed E-state index contributed by atoms with van der Waals surface area (Å²) in [5.74, 6) is 0.0216. The molecule has 6 nitrogen and oxygen atoms in total. The molecule has 6 heteroatoms. The van der Waals surface area contributed by atoms with Crippen molar-refractivity contribution in [3.63, 3.8) is 0 Å². The zero-order valence-electron chi connectivity index (χ0n) is 38.4. The monoisotopic (exact) mass is 792 g/mol. The van der Waals surface area contributed by atoms with Gasteiger partial charge < -0.3 is 19.5 Å². The van der Waals surface area contributed by atoms with E-state index in [-0.39, 0.29) is 24.6 Å². The minimum atomic E-state index is -0.403. The Morgan fingerprint density at radius 2 is 1.05 bits per heavy atom. The van der Waals surface area contributed by atoms with E-state index in [1.165, 1.54) is 154 Å². The second kappa shape index (κ2) is 35.8. The van der Waals surface area contributed by atoms with Crippen LogP contribution < -0.4 is 0 Å². The summed E-state index contributed by atoms with van der Waals surface area (Å²) < 4.78 is 11.8. The molecule has 0 heterocycles. The van der Waals surface area contributed by atoms with Gasteiger partial charge in [-0.1, -0.05) is 149 Å². The van der Waals surface area contributed by atoms with Crippen molar-refractivity contribution in [2.24, 2.45) is 10.8 Å². The van der Waals surface area contributed by atoms with Gasteiger partial charge >= 0.3 is 11.9 Å². The summed E-state index contributed by atoms with van der Waals surface area (Å²) in [7, 11) is 0. The highest BCUT2D eigenvalue weighted by atomic mass is 16.5. The number of carbonyl (C=O) groups excluding carboxylic acids is 2. The van der Waals surface area contributed by atoms with Crippen molar-refractivity contribution < 1.29 is 24.2 Å². The molecule has 0 radical (unpaired) electrons. The molecule has 56 heavy (non-hydrogen) atoms. The van der Waals surface area contributed by atoms with Crippen LogP contribution in [0.5, 0.6) is 0 Å². The van der Waals surface area contributed by atoms with Gasteiger partial charge in [0.2, 0.25) is 0 Å². The standard InChI is InChI=1S/C50H97NO5/c1-6-9-12-15-18-23-32-45-55-48(54)49(4,5)36-26-21-22-28-41-51(43-30-31-44-52)42-29-27-37-50(39-40-50)38-35-47(53)56-46(33-24-19-16-13-10-7-2)34-25-20-17-14-11-8-3/h46,52H,6-45H2,1-5H3. The first-order valence-electron chi connectivity index (χ1n) is 24.9. The molecule has 1 N–H and O–H groups in total. The zero-order chi connectivity index (χ0) is 41.0. The minimum absolute atomic E-state index is 0.0299. The summed E-state index contributed by atoms with van der Waals surface area (Å²) >= 11 is 0. The summed E-state index contributed by atoms with van der Waals surface area (Å²) in [5, 5.41) is 9.38. The molecule has 0 bridgehead atoms. The summed E-state index contributed by atoms with van der Waals surface area (Å²) in [5.41, 5.74) is -0.0253. The molecule has 0 spiro atoms. The van der Waals surface area contributed by atoms with Crippen molar-refractivity contribution in [3.05, 3.63) is 0 Å². The molecule has 0 saturated heterocycles. The summed E-state index contributed by atoms with van der Waals surface area (Å²) in [4.78, 5) is 28.4. The van der Waals surface area contributed by atoms with Crippen LogP contribution in [-0.2, 0) is 19.1 Å². The Kier molecular flexibility index (Phi) is 33.8. The van der Waals surface area contributed by atoms with Gasteiger partial charge in [0.1, 0.15) is 6.10 Å². The lowest BCUT2D eigenvalue weighted by molar-refractivity contribution is -0.154. The van der Waals surface area contributed by atoms with Crippen LogP contribution in [0.3, 0.4) is 0 Å². The lowest BCUT2D eigenvalue weighted by Gasteiger charge is -2.24. The van der Waals surface area contributed by atoms with Crippen LogP contribution in [0.2, 0.25) is 0 Å². The molecule has 0 aliphatic heterocycles. The Hall–Kier alpha value is -1.14. The Balaban J connectivity index is 2.34. The molecular formula is C50H97NO5. The minimum Gasteiger partial charge on any atom is -0.465 e. The van der Waals surface area contributed by atoms with Crippen molar-refractivity contribution in [1.29, 1.82) is 0 Å². The summed E-state index contributed by atoms with van der Waals surface area (Å²) in [6.07, 6.45) is 41.5. The van der Waals surface area contributed by atoms with Gasteiger partial charge in [-0.2, -0.15) is 0 Å². The zero-order valence-corrected chi connectivity index (χ0v) is 38.4. The number of aliphatic hydroxyl groups is 1. The van der Waals surface area contributed by atoms with Crippen LogP contribution in [0, 0.1) is 10.8 Å². The molecule has 1 aliphatic carbocycles. The predicted octanol–water partition coefficient (Wildman–Crippen LogP) is 14.5. The number of rotatable bonds is 43. The number of esters is 2. The van der Waals surface area contributed by atoms with E-state index in [1.54, 1.807) is 0 Å². The first-order valence-corrected chi connectivity index (χ1v) is 24.9. The molecule has 1 fully saturated rings. The van der Waals surface area contributed by atoms with E-state index >= 15 is 0 Å². The van der Waals surface area contributed by atoms with Crippen LogP contribution in [0.25, 0.3) is 0 Å². The maximum Gasteiger partial charge on any atom is 0.311 e. The van der Waals surface area contributed by atoms with Crippen LogP contribution >= 0.6 is 0 Å². The van der Waals surface area contributed by atoms with Gasteiger partial charge in [0, 0.05) is 13.0 Å². The first-order chi connectivity index (χ1) is 27.2. The van der Waals surface area contributed by atoms with E-state index in [9.17, 15) is 14.7 Å². The lowest BCUT2D eigenvalue weighted by atomic mass is 9.87. The topological polar surface area (TPSA) is 76.1 Å². The number of nitrogens with zero attached hydrogens (tertiary/aromatic N) is 1. The molecular weight excluding hydrogens is 695 g/mol. The number of ether oxygens (including phenoxy) is 2. The third-order valence-electron chi connectivity index (χ3n) is 12.7. The Bertz CT molecular complexity index is 886. The quantitative estimate of drug-likeness (QED) is 0.0490. The van der Waals surface area contributed by atoms with Crippen molar-refractivity contribution in [2.45, 2.75) is 265 Å². The Morgan fingerprint density at radius 1 is 0.589 bits per heavy atom. The van der Waals surface area contributed by atoms with Gasteiger partial charge in [-0.05, 0) is 129 Å². The van der Waals surface area contributed by atoms with Crippen molar-refractivity contribution >= 4 is 11.9 Å². The number of hydrogen-bond donors (Lipinski definition) is 1. The third-order valence-corrected chi connectivity index (χ3v) is 12.7. The molecule has 0 aromatic heterocycles. The first kappa shape index (κ1) is 52.9. The lowest BCUT2D eigenvalue weighted by Crippen LogP contribution is -2.28. The van der Waals surface area contributed by atoms with Gasteiger partial charge in [-0.25, -0.2) is 0 Å². The Labute approximate surface area is 349 Å². The van der Waals surface area contributed by atoms with E-state index in [1.807, 2.05) is 13.8 Å². The van der Waals surface area contributed by atoms with Crippen LogP contribution in [0.15, 0.2) is 0 Å². The smallest absolute Gasteiger partial charge is 0.311 e. The average molecular weight is 792 g/mol. The maximum absolute atomic E-state index is 13.1. The van der Waals surface area contributed by atoms with E-state index in [0.717, 1.165) is 83.8 Å². The molecule has 0 aromatic carbocycles. The van der Waals surface area contributed by atoms with E-state index in [2.05, 4.69) is 25.7 Å². The van der Waals surface area contributed by atoms with Gasteiger partial charge in [-0.3, -0.25) is 9.59 Å². The second-order valence-electron chi connectivity index (χ2n) is 18.8. The largest absolute Gasteiger partial charge is 0.465 e. The molecule has 332 valence electrons.